The Balaban J connectivity index is 1.69. The van der Waals surface area contributed by atoms with E-state index in [-0.39, 0.29) is 17.8 Å². The number of hydrogen-bond acceptors (Lipinski definition) is 8. The number of fused-ring (bicyclic) bond motifs is 1. The van der Waals surface area contributed by atoms with Crippen molar-refractivity contribution in [2.24, 2.45) is 0 Å². The minimum Gasteiger partial charge on any atom is -0.871 e. The molecule has 2 fully saturated rings. The summed E-state index contributed by atoms with van der Waals surface area (Å²) in [6.45, 7) is 7.42. The van der Waals surface area contributed by atoms with E-state index < -0.39 is 23.5 Å². The van der Waals surface area contributed by atoms with Crippen LogP contribution >= 0.6 is 0 Å². The van der Waals surface area contributed by atoms with Crippen molar-refractivity contribution in [3.63, 3.8) is 0 Å². The molecule has 3 aromatic rings. The van der Waals surface area contributed by atoms with Crippen molar-refractivity contribution in [3.8, 4) is 17.2 Å². The minimum absolute atomic E-state index is 0.123. The molecule has 1 atom stereocenters. The van der Waals surface area contributed by atoms with Gasteiger partial charge in [0.05, 0.1) is 65.1 Å². The average molecular weight is 551 g/mol. The second-order valence-electron chi connectivity index (χ2n) is 9.97. The van der Waals surface area contributed by atoms with Crippen molar-refractivity contribution in [3.05, 3.63) is 58.6 Å². The molecule has 1 amide bonds. The summed E-state index contributed by atoms with van der Waals surface area (Å²) in [6, 6.07) is 6.15. The largest absolute Gasteiger partial charge is 0.871 e. The van der Waals surface area contributed by atoms with Gasteiger partial charge in [0.15, 0.2) is 11.5 Å². The van der Waals surface area contributed by atoms with Gasteiger partial charge in [0, 0.05) is 11.8 Å². The number of rotatable bonds is 8. The Bertz CT molecular complexity index is 1460. The van der Waals surface area contributed by atoms with Crippen molar-refractivity contribution in [2.45, 2.75) is 19.9 Å². The lowest BCUT2D eigenvalue weighted by molar-refractivity contribution is -0.907. The van der Waals surface area contributed by atoms with E-state index in [0.717, 1.165) is 18.7 Å². The third-order valence-electron chi connectivity index (χ3n) is 7.67. The Morgan fingerprint density at radius 1 is 1.10 bits per heavy atom. The first-order chi connectivity index (χ1) is 19.3. The molecule has 11 heteroatoms. The van der Waals surface area contributed by atoms with Crippen LogP contribution in [0.15, 0.2) is 36.0 Å². The number of hydrogen-bond donors (Lipinski definition) is 1. The minimum atomic E-state index is -0.948. The van der Waals surface area contributed by atoms with E-state index in [1.807, 2.05) is 19.1 Å². The molecule has 0 aliphatic carbocycles. The lowest BCUT2D eigenvalue weighted by Gasteiger charge is -2.30. The number of amides is 1. The fourth-order valence-corrected chi connectivity index (χ4v) is 5.61. The number of aromatic nitrogens is 2. The van der Waals surface area contributed by atoms with Gasteiger partial charge in [-0.15, -0.1) is 0 Å². The topological polar surface area (TPSA) is 119 Å². The van der Waals surface area contributed by atoms with Crippen LogP contribution < -0.4 is 24.2 Å². The van der Waals surface area contributed by atoms with Gasteiger partial charge in [-0.05, 0) is 43.2 Å². The molecule has 2 aliphatic heterocycles. The molecule has 1 N–H and O–H groups in total. The van der Waals surface area contributed by atoms with Crippen molar-refractivity contribution >= 4 is 23.1 Å². The maximum absolute atomic E-state index is 14.3. The summed E-state index contributed by atoms with van der Waals surface area (Å²) in [7, 11) is 4.48. The van der Waals surface area contributed by atoms with Crippen LogP contribution in [-0.4, -0.2) is 86.7 Å². The molecule has 2 aliphatic rings. The molecule has 40 heavy (non-hydrogen) atoms. The standard InChI is InChI=1S/C29H34N4O7/c1-17-7-6-8-32-23(18(2)30-28(17)32)25(34)22-24(19-15-20(37-3)27(39-5)21(16-19)38-4)33(29(36)26(22)35)10-9-31-11-13-40-14-12-31/h6-8,15-16,24,34H,9-14H2,1-5H3. The van der Waals surface area contributed by atoms with Gasteiger partial charge in [0.1, 0.15) is 18.7 Å². The van der Waals surface area contributed by atoms with Crippen molar-refractivity contribution in [2.75, 3.05) is 60.7 Å². The number of nitrogens with one attached hydrogen (secondary N) is 1. The molecule has 0 saturated carbocycles. The molecular formula is C29H34N4O7. The molecule has 1 aromatic carbocycles. The number of aryl methyl sites for hydroxylation is 2. The van der Waals surface area contributed by atoms with Crippen LogP contribution in [0.3, 0.4) is 0 Å². The number of ether oxygens (including phenoxy) is 4. The van der Waals surface area contributed by atoms with Gasteiger partial charge in [-0.25, -0.2) is 4.98 Å². The van der Waals surface area contributed by atoms with Gasteiger partial charge in [-0.1, -0.05) is 11.8 Å². The van der Waals surface area contributed by atoms with E-state index in [2.05, 4.69) is 4.98 Å². The normalized spacial score (nSPS) is 19.4. The summed E-state index contributed by atoms with van der Waals surface area (Å²) >= 11 is 0. The molecule has 212 valence electrons. The highest BCUT2D eigenvalue weighted by Crippen LogP contribution is 2.45. The molecule has 2 saturated heterocycles. The second-order valence-corrected chi connectivity index (χ2v) is 9.97. The number of imidazole rings is 1. The Hall–Kier alpha value is -4.09. The van der Waals surface area contributed by atoms with E-state index >= 15 is 0 Å². The molecule has 4 heterocycles. The van der Waals surface area contributed by atoms with Crippen LogP contribution in [0.1, 0.15) is 28.6 Å². The summed E-state index contributed by atoms with van der Waals surface area (Å²) in [6.07, 6.45) is 1.74. The highest BCUT2D eigenvalue weighted by molar-refractivity contribution is 6.46. The Morgan fingerprint density at radius 3 is 2.40 bits per heavy atom. The highest BCUT2D eigenvalue weighted by Gasteiger charge is 2.45. The first-order valence-electron chi connectivity index (χ1n) is 13.2. The average Bonchev–Trinajstić information content (AvgIpc) is 3.44. The first-order valence-corrected chi connectivity index (χ1v) is 13.2. The number of methoxy groups -OCH3 is 3. The number of carbonyl (C=O) groups excluding carboxylic acids is 2. The maximum atomic E-state index is 14.3. The fraction of sp³-hybridized carbons (Fsp3) is 0.414. The lowest BCUT2D eigenvalue weighted by Crippen LogP contribution is -3.14. The van der Waals surface area contributed by atoms with Crippen LogP contribution in [-0.2, 0) is 14.3 Å². The molecule has 11 nitrogen and oxygen atoms in total. The summed E-state index contributed by atoms with van der Waals surface area (Å²) in [5.74, 6) is -0.977. The van der Waals surface area contributed by atoms with Gasteiger partial charge in [0.25, 0.3) is 5.91 Å². The number of pyridine rings is 1. The maximum Gasteiger partial charge on any atom is 0.295 e. The number of Topliss-reactive ketones (excluding diaryl/α,β-unsaturated/α-hetero) is 1. The third kappa shape index (κ3) is 4.65. The Labute approximate surface area is 232 Å². The third-order valence-corrected chi connectivity index (χ3v) is 7.67. The number of carbonyl (C=O) groups is 2. The summed E-state index contributed by atoms with van der Waals surface area (Å²) in [4.78, 5) is 34.5. The van der Waals surface area contributed by atoms with Crippen LogP contribution in [0.25, 0.3) is 11.4 Å². The molecule has 1 unspecified atom stereocenters. The van der Waals surface area contributed by atoms with Gasteiger partial charge in [-0.3, -0.25) is 9.59 Å². The number of ketones is 1. The number of likely N-dealkylation sites (tertiary alicyclic amines) is 1. The van der Waals surface area contributed by atoms with Crippen LogP contribution in [0.5, 0.6) is 17.2 Å². The predicted octanol–water partition coefficient (Wildman–Crippen LogP) is 0.116. The first kappa shape index (κ1) is 27.5. The van der Waals surface area contributed by atoms with Crippen molar-refractivity contribution < 1.29 is 38.5 Å². The van der Waals surface area contributed by atoms with E-state index in [9.17, 15) is 14.7 Å². The van der Waals surface area contributed by atoms with E-state index in [0.29, 0.717) is 53.9 Å². The van der Waals surface area contributed by atoms with Crippen LogP contribution in [0.4, 0.5) is 0 Å². The molecule has 0 spiro atoms. The molecule has 0 bridgehead atoms. The highest BCUT2D eigenvalue weighted by atomic mass is 16.5. The molecule has 5 rings (SSSR count). The van der Waals surface area contributed by atoms with Gasteiger partial charge >= 0.3 is 0 Å². The van der Waals surface area contributed by atoms with E-state index in [1.54, 1.807) is 29.7 Å². The zero-order valence-electron chi connectivity index (χ0n) is 23.4. The number of nitrogens with zero attached hydrogens (tertiary/aromatic N) is 3. The predicted molar refractivity (Wildman–Crippen MR) is 144 cm³/mol. The van der Waals surface area contributed by atoms with Crippen LogP contribution in [0, 0.1) is 13.8 Å². The quantitative estimate of drug-likeness (QED) is 0.239. The van der Waals surface area contributed by atoms with Gasteiger partial charge in [0.2, 0.25) is 11.5 Å². The molecule has 2 aromatic heterocycles. The van der Waals surface area contributed by atoms with E-state index in [1.165, 1.54) is 31.1 Å². The lowest BCUT2D eigenvalue weighted by atomic mass is 9.95. The summed E-state index contributed by atoms with van der Waals surface area (Å²) in [5.41, 5.74) is 2.64. The Morgan fingerprint density at radius 2 is 1.77 bits per heavy atom. The van der Waals surface area contributed by atoms with Gasteiger partial charge in [-0.2, -0.15) is 0 Å². The summed E-state index contributed by atoms with van der Waals surface area (Å²) < 4.78 is 23.8. The molecular weight excluding hydrogens is 516 g/mol. The van der Waals surface area contributed by atoms with E-state index in [4.69, 9.17) is 18.9 Å². The SMILES string of the molecule is COc1cc(C2C(=C([O-])c3c(C)nc4c(C)cccn34)C(=O)C(=O)N2CC[NH+]2CCOCC2)cc(OC)c1OC. The smallest absolute Gasteiger partial charge is 0.295 e. The van der Waals surface area contributed by atoms with Gasteiger partial charge < -0.3 is 38.3 Å². The Kier molecular flexibility index (Phi) is 7.68. The summed E-state index contributed by atoms with van der Waals surface area (Å²) in [5, 5.41) is 14.3. The van der Waals surface area contributed by atoms with Crippen molar-refractivity contribution in [1.29, 1.82) is 0 Å². The number of quaternary nitrogens is 1. The second kappa shape index (κ2) is 11.2. The van der Waals surface area contributed by atoms with Crippen molar-refractivity contribution in [1.82, 2.24) is 14.3 Å². The number of morpholine rings is 1. The zero-order chi connectivity index (χ0) is 28.6. The zero-order valence-corrected chi connectivity index (χ0v) is 23.4. The fourth-order valence-electron chi connectivity index (χ4n) is 5.61. The number of benzene rings is 1. The molecule has 0 radical (unpaired) electrons. The van der Waals surface area contributed by atoms with Crippen LogP contribution in [0.2, 0.25) is 0 Å². The monoisotopic (exact) mass is 550 g/mol.